The molecule has 0 nitrogen and oxygen atoms in total. The Morgan fingerprint density at radius 1 is 0.260 bits per heavy atom. The summed E-state index contributed by atoms with van der Waals surface area (Å²) in [6, 6.07) is 67.1. The lowest BCUT2D eigenvalue weighted by Crippen LogP contribution is -1.95. The molecule has 0 fully saturated rings. The maximum atomic E-state index is 2.41. The smallest absolute Gasteiger partial charge is 0.00198 e. The molecule has 0 aliphatic heterocycles. The van der Waals surface area contributed by atoms with Crippen LogP contribution in [-0.4, -0.2) is 0 Å². The maximum absolute atomic E-state index is 2.41. The van der Waals surface area contributed by atoms with Gasteiger partial charge in [0.1, 0.15) is 0 Å². The predicted molar refractivity (Wildman–Crippen MR) is 216 cm³/mol. The van der Waals surface area contributed by atoms with Crippen LogP contribution < -0.4 is 0 Å². The van der Waals surface area contributed by atoms with Gasteiger partial charge in [0.25, 0.3) is 0 Å². The Hall–Kier alpha value is -6.24. The topological polar surface area (TPSA) is 0 Å². The summed E-state index contributed by atoms with van der Waals surface area (Å²) >= 11 is 0. The third kappa shape index (κ3) is 5.27. The Balaban J connectivity index is 1.43. The molecule has 9 aromatic rings. The van der Waals surface area contributed by atoms with Crippen molar-refractivity contribution in [3.63, 3.8) is 0 Å². The average molecular weight is 637 g/mol. The van der Waals surface area contributed by atoms with E-state index in [1.54, 1.807) is 0 Å². The van der Waals surface area contributed by atoms with E-state index < -0.39 is 0 Å². The molecule has 9 rings (SSSR count). The van der Waals surface area contributed by atoms with Gasteiger partial charge in [0, 0.05) is 0 Å². The van der Waals surface area contributed by atoms with Crippen molar-refractivity contribution in [1.29, 1.82) is 0 Å². The van der Waals surface area contributed by atoms with Gasteiger partial charge in [-0.3, -0.25) is 0 Å². The molecule has 0 saturated carbocycles. The van der Waals surface area contributed by atoms with E-state index in [2.05, 4.69) is 196 Å². The van der Waals surface area contributed by atoms with E-state index in [1.807, 2.05) is 0 Å². The van der Waals surface area contributed by atoms with E-state index in [9.17, 15) is 0 Å². The first kappa shape index (κ1) is 29.9. The molecule has 0 heteroatoms. The molecule has 0 amide bonds. The molecule has 50 heavy (non-hydrogen) atoms. The van der Waals surface area contributed by atoms with Crippen LogP contribution in [0.25, 0.3) is 88.0 Å². The fourth-order valence-corrected chi connectivity index (χ4v) is 7.73. The number of fused-ring (bicyclic) bond motifs is 3. The van der Waals surface area contributed by atoms with E-state index in [0.29, 0.717) is 0 Å². The molecule has 0 aromatic heterocycles. The molecule has 0 atom stereocenters. The van der Waals surface area contributed by atoms with Crippen molar-refractivity contribution in [2.24, 2.45) is 0 Å². The summed E-state index contributed by atoms with van der Waals surface area (Å²) < 4.78 is 0. The third-order valence-electron chi connectivity index (χ3n) is 10.1. The molecular formula is C50H36. The Bertz CT molecular complexity index is 2630. The number of aryl methyl sites for hydroxylation is 2. The lowest BCUT2D eigenvalue weighted by molar-refractivity contribution is 1.49. The van der Waals surface area contributed by atoms with Crippen LogP contribution in [0, 0.1) is 13.8 Å². The first-order valence-electron chi connectivity index (χ1n) is 17.4. The summed E-state index contributed by atoms with van der Waals surface area (Å²) in [6.45, 7) is 4.42. The summed E-state index contributed by atoms with van der Waals surface area (Å²) in [5.41, 5.74) is 14.9. The average Bonchev–Trinajstić information content (AvgIpc) is 3.17. The highest BCUT2D eigenvalue weighted by molar-refractivity contribution is 6.23. The minimum absolute atomic E-state index is 1.22. The highest BCUT2D eigenvalue weighted by atomic mass is 14.2. The van der Waals surface area contributed by atoms with Crippen molar-refractivity contribution in [3.05, 3.63) is 193 Å². The largest absolute Gasteiger partial charge is 0.0622 e. The number of rotatable bonds is 5. The molecule has 0 heterocycles. The van der Waals surface area contributed by atoms with Crippen LogP contribution in [0.2, 0.25) is 0 Å². The van der Waals surface area contributed by atoms with E-state index in [0.717, 1.165) is 0 Å². The molecule has 9 aromatic carbocycles. The van der Waals surface area contributed by atoms with Gasteiger partial charge in [-0.25, -0.2) is 0 Å². The lowest BCUT2D eigenvalue weighted by Gasteiger charge is -2.22. The molecular weight excluding hydrogens is 601 g/mol. The van der Waals surface area contributed by atoms with Gasteiger partial charge in [-0.1, -0.05) is 163 Å². The van der Waals surface area contributed by atoms with Crippen LogP contribution in [-0.2, 0) is 0 Å². The zero-order valence-corrected chi connectivity index (χ0v) is 28.3. The first-order valence-corrected chi connectivity index (χ1v) is 17.4. The van der Waals surface area contributed by atoms with Gasteiger partial charge in [0.05, 0.1) is 0 Å². The molecule has 0 saturated heterocycles. The van der Waals surface area contributed by atoms with Crippen molar-refractivity contribution >= 4 is 32.3 Å². The van der Waals surface area contributed by atoms with E-state index in [1.165, 1.54) is 99.1 Å². The molecule has 0 aliphatic carbocycles. The van der Waals surface area contributed by atoms with Crippen molar-refractivity contribution in [1.82, 2.24) is 0 Å². The van der Waals surface area contributed by atoms with E-state index in [-0.39, 0.29) is 0 Å². The predicted octanol–water partition coefficient (Wildman–Crippen LogP) is 14.1. The van der Waals surface area contributed by atoms with Crippen LogP contribution in [0.1, 0.15) is 11.1 Å². The Morgan fingerprint density at radius 3 is 1.22 bits per heavy atom. The molecule has 0 radical (unpaired) electrons. The van der Waals surface area contributed by atoms with Gasteiger partial charge in [-0.05, 0) is 132 Å². The molecule has 236 valence electrons. The van der Waals surface area contributed by atoms with Gasteiger partial charge in [0.2, 0.25) is 0 Å². The van der Waals surface area contributed by atoms with E-state index >= 15 is 0 Å². The molecule has 0 unspecified atom stereocenters. The number of hydrogen-bond acceptors (Lipinski definition) is 0. The van der Waals surface area contributed by atoms with Crippen LogP contribution in [0.15, 0.2) is 182 Å². The summed E-state index contributed by atoms with van der Waals surface area (Å²) in [5.74, 6) is 0. The minimum atomic E-state index is 1.22. The normalized spacial score (nSPS) is 11.4. The van der Waals surface area contributed by atoms with Crippen molar-refractivity contribution < 1.29 is 0 Å². The van der Waals surface area contributed by atoms with Gasteiger partial charge in [0.15, 0.2) is 0 Å². The highest BCUT2D eigenvalue weighted by Gasteiger charge is 2.21. The van der Waals surface area contributed by atoms with Crippen LogP contribution in [0.4, 0.5) is 0 Å². The van der Waals surface area contributed by atoms with Crippen molar-refractivity contribution in [2.75, 3.05) is 0 Å². The van der Waals surface area contributed by atoms with Crippen molar-refractivity contribution in [3.8, 4) is 55.6 Å². The molecule has 0 aliphatic rings. The third-order valence-corrected chi connectivity index (χ3v) is 10.1. The van der Waals surface area contributed by atoms with Crippen LogP contribution in [0.3, 0.4) is 0 Å². The van der Waals surface area contributed by atoms with Crippen molar-refractivity contribution in [2.45, 2.75) is 13.8 Å². The van der Waals surface area contributed by atoms with Gasteiger partial charge >= 0.3 is 0 Å². The maximum Gasteiger partial charge on any atom is -0.00198 e. The fourth-order valence-electron chi connectivity index (χ4n) is 7.73. The standard InChI is InChI=1S/C50H36/c1-33-23-25-44-46(26-33)49(42-29-40(35-14-6-3-7-15-35)28-41(30-42)36-16-8-4-9-17-36)43-24-22-34(2)27-47(43)50(44)48-32-39-21-13-12-20-38(39)31-45(48)37-18-10-5-11-19-37/h3-32H,1-2H3. The number of hydrogen-bond donors (Lipinski definition) is 0. The molecule has 0 spiro atoms. The zero-order chi connectivity index (χ0) is 33.6. The second-order valence-corrected chi connectivity index (χ2v) is 13.5. The fraction of sp³-hybridized carbons (Fsp3) is 0.0400. The lowest BCUT2D eigenvalue weighted by atomic mass is 9.81. The Morgan fingerprint density at radius 2 is 0.680 bits per heavy atom. The second-order valence-electron chi connectivity index (χ2n) is 13.5. The van der Waals surface area contributed by atoms with E-state index in [4.69, 9.17) is 0 Å². The number of benzene rings is 9. The summed E-state index contributed by atoms with van der Waals surface area (Å²) in [7, 11) is 0. The first-order chi connectivity index (χ1) is 24.6. The quantitative estimate of drug-likeness (QED) is 0.165. The van der Waals surface area contributed by atoms with Crippen LogP contribution in [0.5, 0.6) is 0 Å². The summed E-state index contributed by atoms with van der Waals surface area (Å²) in [6.07, 6.45) is 0. The SMILES string of the molecule is Cc1ccc2c(-c3cc4ccccc4cc3-c3ccccc3)c3cc(C)ccc3c(-c3cc(-c4ccccc4)cc(-c4ccccc4)c3)c2c1. The zero-order valence-electron chi connectivity index (χ0n) is 28.3. The van der Waals surface area contributed by atoms with Gasteiger partial charge in [-0.15, -0.1) is 0 Å². The minimum Gasteiger partial charge on any atom is -0.0622 e. The second kappa shape index (κ2) is 12.3. The van der Waals surface area contributed by atoms with Gasteiger partial charge in [-0.2, -0.15) is 0 Å². The Labute approximate surface area is 293 Å². The van der Waals surface area contributed by atoms with Crippen LogP contribution >= 0.6 is 0 Å². The molecule has 0 bridgehead atoms. The summed E-state index contributed by atoms with van der Waals surface area (Å²) in [5, 5.41) is 7.57. The highest BCUT2D eigenvalue weighted by Crippen LogP contribution is 2.48. The van der Waals surface area contributed by atoms with Gasteiger partial charge < -0.3 is 0 Å². The summed E-state index contributed by atoms with van der Waals surface area (Å²) in [4.78, 5) is 0. The Kier molecular flexibility index (Phi) is 7.37. The molecule has 0 N–H and O–H groups in total. The monoisotopic (exact) mass is 636 g/mol.